The first kappa shape index (κ1) is 27.2. The number of esters is 1. The molecule has 1 atom stereocenters. The van der Waals surface area contributed by atoms with Crippen LogP contribution in [0.5, 0.6) is 11.5 Å². The second-order valence-electron chi connectivity index (χ2n) is 7.43. The van der Waals surface area contributed by atoms with Crippen molar-refractivity contribution in [3.63, 3.8) is 0 Å². The van der Waals surface area contributed by atoms with Crippen LogP contribution in [0.4, 0.5) is 8.78 Å². The van der Waals surface area contributed by atoms with Gasteiger partial charge in [0.15, 0.2) is 17.5 Å². The number of para-hydroxylation sites is 1. The standard InChI is InChI=1S/C26H23Cl2F2NO5/c1-2-34-26(33)22(31-25(32)24(29)30)18-10-7-13-21(35-14-16-8-3-5-11-19(16)27)23(18)36-15-17-9-4-6-12-20(17)28/h3-13,22,24H,2,14-15H2,1H3,(H,31,32). The summed E-state index contributed by atoms with van der Waals surface area (Å²) >= 11 is 12.5. The molecule has 1 unspecified atom stereocenters. The van der Waals surface area contributed by atoms with E-state index in [-0.39, 0.29) is 36.9 Å². The van der Waals surface area contributed by atoms with Crippen molar-refractivity contribution in [2.75, 3.05) is 6.61 Å². The molecule has 0 aliphatic carbocycles. The maximum atomic E-state index is 13.0. The Labute approximate surface area is 217 Å². The third-order valence-corrected chi connectivity index (χ3v) is 5.74. The Morgan fingerprint density at radius 1 is 0.861 bits per heavy atom. The number of hydrogen-bond acceptors (Lipinski definition) is 5. The van der Waals surface area contributed by atoms with Gasteiger partial charge in [-0.3, -0.25) is 4.79 Å². The van der Waals surface area contributed by atoms with E-state index in [1.165, 1.54) is 6.07 Å². The van der Waals surface area contributed by atoms with Crippen LogP contribution in [0.1, 0.15) is 29.7 Å². The topological polar surface area (TPSA) is 73.9 Å². The highest BCUT2D eigenvalue weighted by atomic mass is 35.5. The second kappa shape index (κ2) is 13.1. The van der Waals surface area contributed by atoms with E-state index in [2.05, 4.69) is 0 Å². The largest absolute Gasteiger partial charge is 0.485 e. The molecule has 0 aromatic heterocycles. The van der Waals surface area contributed by atoms with Crippen LogP contribution in [-0.2, 0) is 27.5 Å². The highest BCUT2D eigenvalue weighted by Gasteiger charge is 2.31. The van der Waals surface area contributed by atoms with E-state index in [0.29, 0.717) is 21.2 Å². The molecule has 0 bridgehead atoms. The van der Waals surface area contributed by atoms with Crippen LogP contribution in [0.2, 0.25) is 10.0 Å². The normalized spacial score (nSPS) is 11.6. The first-order chi connectivity index (χ1) is 17.3. The van der Waals surface area contributed by atoms with Crippen molar-refractivity contribution >= 4 is 35.1 Å². The monoisotopic (exact) mass is 537 g/mol. The molecular formula is C26H23Cl2F2NO5. The van der Waals surface area contributed by atoms with Crippen molar-refractivity contribution < 1.29 is 32.6 Å². The summed E-state index contributed by atoms with van der Waals surface area (Å²) in [5.74, 6) is -2.32. The lowest BCUT2D eigenvalue weighted by Gasteiger charge is -2.22. The van der Waals surface area contributed by atoms with Gasteiger partial charge in [0.1, 0.15) is 13.2 Å². The number of ether oxygens (including phenoxy) is 3. The molecule has 0 spiro atoms. The maximum absolute atomic E-state index is 13.0. The van der Waals surface area contributed by atoms with E-state index < -0.39 is 24.3 Å². The SMILES string of the molecule is CCOC(=O)C(NC(=O)C(F)F)c1cccc(OCc2ccccc2Cl)c1OCc1ccccc1Cl. The molecule has 0 saturated heterocycles. The Morgan fingerprint density at radius 3 is 2.00 bits per heavy atom. The third-order valence-electron chi connectivity index (χ3n) is 5.00. The van der Waals surface area contributed by atoms with Gasteiger partial charge < -0.3 is 19.5 Å². The van der Waals surface area contributed by atoms with Crippen molar-refractivity contribution in [2.24, 2.45) is 0 Å². The summed E-state index contributed by atoms with van der Waals surface area (Å²) < 4.78 is 43.1. The smallest absolute Gasteiger partial charge is 0.333 e. The van der Waals surface area contributed by atoms with Gasteiger partial charge in [0.25, 0.3) is 5.91 Å². The number of halogens is 4. The molecule has 0 radical (unpaired) electrons. The molecule has 6 nitrogen and oxygen atoms in total. The van der Waals surface area contributed by atoms with Gasteiger partial charge >= 0.3 is 12.4 Å². The molecular weight excluding hydrogens is 515 g/mol. The molecule has 3 rings (SSSR count). The zero-order valence-corrected chi connectivity index (χ0v) is 20.7. The molecule has 1 N–H and O–H groups in total. The molecule has 10 heteroatoms. The fourth-order valence-corrected chi connectivity index (χ4v) is 3.64. The molecule has 0 saturated carbocycles. The fourth-order valence-electron chi connectivity index (χ4n) is 3.26. The summed E-state index contributed by atoms with van der Waals surface area (Å²) in [6.45, 7) is 1.55. The predicted molar refractivity (Wildman–Crippen MR) is 132 cm³/mol. The zero-order chi connectivity index (χ0) is 26.1. The van der Waals surface area contributed by atoms with Crippen LogP contribution in [0.15, 0.2) is 66.7 Å². The summed E-state index contributed by atoms with van der Waals surface area (Å²) in [6.07, 6.45) is -3.34. The lowest BCUT2D eigenvalue weighted by Crippen LogP contribution is -2.38. The van der Waals surface area contributed by atoms with Crippen molar-refractivity contribution in [1.82, 2.24) is 5.32 Å². The van der Waals surface area contributed by atoms with E-state index >= 15 is 0 Å². The van der Waals surface area contributed by atoms with Gasteiger partial charge in [-0.25, -0.2) is 4.79 Å². The van der Waals surface area contributed by atoms with Crippen molar-refractivity contribution in [3.8, 4) is 11.5 Å². The third kappa shape index (κ3) is 7.08. The van der Waals surface area contributed by atoms with E-state index in [1.807, 2.05) is 5.32 Å². The molecule has 0 aliphatic heterocycles. The van der Waals surface area contributed by atoms with Crippen LogP contribution >= 0.6 is 23.2 Å². The summed E-state index contributed by atoms with van der Waals surface area (Å²) in [5.41, 5.74) is 1.40. The molecule has 190 valence electrons. The average molecular weight is 538 g/mol. The fraction of sp³-hybridized carbons (Fsp3) is 0.231. The number of carbonyl (C=O) groups is 2. The quantitative estimate of drug-likeness (QED) is 0.297. The van der Waals surface area contributed by atoms with Gasteiger partial charge in [0.05, 0.1) is 6.61 Å². The summed E-state index contributed by atoms with van der Waals surface area (Å²) in [4.78, 5) is 24.5. The van der Waals surface area contributed by atoms with E-state index in [9.17, 15) is 18.4 Å². The summed E-state index contributed by atoms with van der Waals surface area (Å²) in [5, 5.41) is 2.96. The number of alkyl halides is 2. The van der Waals surface area contributed by atoms with Gasteiger partial charge in [-0.15, -0.1) is 0 Å². The Balaban J connectivity index is 2.02. The Kier molecular flexibility index (Phi) is 9.90. The number of benzene rings is 3. The highest BCUT2D eigenvalue weighted by molar-refractivity contribution is 6.31. The van der Waals surface area contributed by atoms with E-state index in [0.717, 1.165) is 0 Å². The van der Waals surface area contributed by atoms with E-state index in [1.54, 1.807) is 67.6 Å². The number of rotatable bonds is 11. The first-order valence-electron chi connectivity index (χ1n) is 10.9. The van der Waals surface area contributed by atoms with Crippen molar-refractivity contribution in [3.05, 3.63) is 93.5 Å². The van der Waals surface area contributed by atoms with E-state index in [4.69, 9.17) is 37.4 Å². The Bertz CT molecular complexity index is 1210. The Hall–Kier alpha value is -3.36. The lowest BCUT2D eigenvalue weighted by molar-refractivity contribution is -0.149. The molecule has 0 fully saturated rings. The van der Waals surface area contributed by atoms with Crippen molar-refractivity contribution in [1.29, 1.82) is 0 Å². The minimum atomic E-state index is -3.34. The molecule has 0 aliphatic rings. The predicted octanol–water partition coefficient (Wildman–Crippen LogP) is 6.14. The van der Waals surface area contributed by atoms with Crippen LogP contribution in [0, 0.1) is 0 Å². The first-order valence-corrected chi connectivity index (χ1v) is 11.7. The molecule has 1 amide bonds. The molecule has 3 aromatic rings. The number of amides is 1. The van der Waals surface area contributed by atoms with Crippen LogP contribution in [0.25, 0.3) is 0 Å². The molecule has 0 heterocycles. The van der Waals surface area contributed by atoms with Crippen molar-refractivity contribution in [2.45, 2.75) is 32.6 Å². The highest BCUT2D eigenvalue weighted by Crippen LogP contribution is 2.37. The lowest BCUT2D eigenvalue weighted by atomic mass is 10.0. The van der Waals surface area contributed by atoms with Gasteiger partial charge in [-0.1, -0.05) is 71.7 Å². The van der Waals surface area contributed by atoms with Gasteiger partial charge in [0.2, 0.25) is 0 Å². The molecule has 36 heavy (non-hydrogen) atoms. The van der Waals surface area contributed by atoms with Gasteiger partial charge in [-0.2, -0.15) is 8.78 Å². The minimum Gasteiger partial charge on any atom is -0.485 e. The molecule has 3 aromatic carbocycles. The van der Waals surface area contributed by atoms with Crippen LogP contribution in [0.3, 0.4) is 0 Å². The summed E-state index contributed by atoms with van der Waals surface area (Å²) in [7, 11) is 0. The number of hydrogen-bond donors (Lipinski definition) is 1. The van der Waals surface area contributed by atoms with Gasteiger partial charge in [-0.05, 0) is 25.1 Å². The van der Waals surface area contributed by atoms with Gasteiger partial charge in [0, 0.05) is 26.7 Å². The maximum Gasteiger partial charge on any atom is 0.333 e. The zero-order valence-electron chi connectivity index (χ0n) is 19.2. The average Bonchev–Trinajstić information content (AvgIpc) is 2.86. The van der Waals surface area contributed by atoms with Crippen LogP contribution in [-0.4, -0.2) is 24.9 Å². The minimum absolute atomic E-state index is 0.0294. The number of carbonyl (C=O) groups excluding carboxylic acids is 2. The second-order valence-corrected chi connectivity index (χ2v) is 8.24. The Morgan fingerprint density at radius 2 is 1.44 bits per heavy atom. The summed E-state index contributed by atoms with van der Waals surface area (Å²) in [6, 6.07) is 17.0. The number of nitrogens with one attached hydrogen (secondary N) is 1. The van der Waals surface area contributed by atoms with Crippen LogP contribution < -0.4 is 14.8 Å².